The summed E-state index contributed by atoms with van der Waals surface area (Å²) in [5.74, 6) is 0.222. The van der Waals surface area contributed by atoms with E-state index in [9.17, 15) is 20.2 Å². The van der Waals surface area contributed by atoms with E-state index in [1.807, 2.05) is 0 Å². The third-order valence-electron chi connectivity index (χ3n) is 3.68. The molecule has 0 bridgehead atoms. The molecule has 0 aromatic heterocycles. The average Bonchev–Trinajstić information content (AvgIpc) is 2.75. The molecule has 102 valence electrons. The first-order valence-electron chi connectivity index (χ1n) is 6.16. The lowest BCUT2D eigenvalue weighted by atomic mass is 9.94. The number of benzene rings is 1. The number of nitrogens with zero attached hydrogens (tertiary/aromatic N) is 2. The number of nitrogens with two attached hydrogens (primary N) is 1. The number of nitro groups is 2. The van der Waals surface area contributed by atoms with E-state index >= 15 is 0 Å². The maximum atomic E-state index is 11.0. The van der Waals surface area contributed by atoms with Crippen LogP contribution in [0.3, 0.4) is 0 Å². The molecule has 0 aliphatic heterocycles. The quantitative estimate of drug-likeness (QED) is 0.662. The summed E-state index contributed by atoms with van der Waals surface area (Å²) < 4.78 is 0. The fourth-order valence-electron chi connectivity index (χ4n) is 2.61. The topological polar surface area (TPSA) is 112 Å². The van der Waals surface area contributed by atoms with Gasteiger partial charge in [0.15, 0.2) is 0 Å². The van der Waals surface area contributed by atoms with Crippen molar-refractivity contribution in [1.82, 2.24) is 0 Å². The van der Waals surface area contributed by atoms with Gasteiger partial charge in [-0.3, -0.25) is 20.2 Å². The summed E-state index contributed by atoms with van der Waals surface area (Å²) >= 11 is 0. The van der Waals surface area contributed by atoms with E-state index < -0.39 is 9.85 Å². The maximum Gasteiger partial charge on any atom is 0.279 e. The summed E-state index contributed by atoms with van der Waals surface area (Å²) in [6.07, 6.45) is 3.43. The van der Waals surface area contributed by atoms with Crippen LogP contribution in [0.5, 0.6) is 0 Å². The van der Waals surface area contributed by atoms with Crippen LogP contribution in [0.4, 0.5) is 11.4 Å². The number of hydrogen-bond donors (Lipinski definition) is 1. The highest BCUT2D eigenvalue weighted by Crippen LogP contribution is 2.32. The molecule has 1 fully saturated rings. The van der Waals surface area contributed by atoms with Crippen molar-refractivity contribution in [3.8, 4) is 0 Å². The standard InChI is InChI=1S/C12H15N3O4/c13-11-3-1-2-8(11)6-9-4-5-10(14(16)17)7-12(9)15(18)19/h4-5,7-8,11H,1-3,6,13H2. The third-order valence-corrected chi connectivity index (χ3v) is 3.68. The van der Waals surface area contributed by atoms with Crippen molar-refractivity contribution < 1.29 is 9.85 Å². The highest BCUT2D eigenvalue weighted by molar-refractivity contribution is 5.49. The van der Waals surface area contributed by atoms with Gasteiger partial charge >= 0.3 is 0 Å². The van der Waals surface area contributed by atoms with Gasteiger partial charge in [0.1, 0.15) is 0 Å². The van der Waals surface area contributed by atoms with Gasteiger partial charge in [-0.2, -0.15) is 0 Å². The molecule has 19 heavy (non-hydrogen) atoms. The second-order valence-corrected chi connectivity index (χ2v) is 4.89. The Balaban J connectivity index is 2.29. The van der Waals surface area contributed by atoms with Gasteiger partial charge in [0, 0.05) is 17.7 Å². The van der Waals surface area contributed by atoms with Crippen LogP contribution >= 0.6 is 0 Å². The summed E-state index contributed by atoms with van der Waals surface area (Å²) in [6.45, 7) is 0. The van der Waals surface area contributed by atoms with E-state index in [-0.39, 0.29) is 23.3 Å². The molecule has 2 atom stereocenters. The van der Waals surface area contributed by atoms with E-state index in [2.05, 4.69) is 0 Å². The Labute approximate surface area is 109 Å². The Hall–Kier alpha value is -2.02. The predicted octanol–water partition coefficient (Wildman–Crippen LogP) is 2.17. The first-order chi connectivity index (χ1) is 8.99. The predicted molar refractivity (Wildman–Crippen MR) is 68.8 cm³/mol. The summed E-state index contributed by atoms with van der Waals surface area (Å²) in [4.78, 5) is 20.5. The number of rotatable bonds is 4. The van der Waals surface area contributed by atoms with E-state index in [1.165, 1.54) is 12.1 Å². The van der Waals surface area contributed by atoms with Gasteiger partial charge < -0.3 is 5.73 Å². The Morgan fingerprint density at radius 1 is 1.21 bits per heavy atom. The van der Waals surface area contributed by atoms with Crippen LogP contribution in [0, 0.1) is 26.1 Å². The van der Waals surface area contributed by atoms with Gasteiger partial charge in [0.05, 0.1) is 15.9 Å². The van der Waals surface area contributed by atoms with Crippen molar-refractivity contribution in [3.05, 3.63) is 44.0 Å². The Morgan fingerprint density at radius 3 is 2.47 bits per heavy atom. The normalized spacial score (nSPS) is 22.4. The number of non-ortho nitro benzene ring substituents is 1. The minimum absolute atomic E-state index is 0.0646. The van der Waals surface area contributed by atoms with E-state index in [0.717, 1.165) is 25.3 Å². The van der Waals surface area contributed by atoms with Crippen LogP contribution in [-0.2, 0) is 6.42 Å². The third kappa shape index (κ3) is 2.87. The minimum Gasteiger partial charge on any atom is -0.327 e. The van der Waals surface area contributed by atoms with Crippen LogP contribution in [-0.4, -0.2) is 15.9 Å². The molecule has 2 N–H and O–H groups in total. The molecular weight excluding hydrogens is 250 g/mol. The maximum absolute atomic E-state index is 11.0. The van der Waals surface area contributed by atoms with E-state index in [0.29, 0.717) is 12.0 Å². The zero-order valence-corrected chi connectivity index (χ0v) is 10.3. The Bertz CT molecular complexity index is 518. The molecule has 2 unspecified atom stereocenters. The molecular formula is C12H15N3O4. The minimum atomic E-state index is -0.627. The van der Waals surface area contributed by atoms with Crippen LogP contribution in [0.2, 0.25) is 0 Å². The van der Waals surface area contributed by atoms with Gasteiger partial charge in [-0.1, -0.05) is 6.42 Å². The molecule has 0 radical (unpaired) electrons. The van der Waals surface area contributed by atoms with E-state index in [1.54, 1.807) is 0 Å². The monoisotopic (exact) mass is 265 g/mol. The summed E-state index contributed by atoms with van der Waals surface area (Å²) in [6, 6.07) is 3.87. The van der Waals surface area contributed by atoms with Gasteiger partial charge in [-0.05, 0) is 31.2 Å². The van der Waals surface area contributed by atoms with Crippen molar-refractivity contribution >= 4 is 11.4 Å². The number of nitro benzene ring substituents is 2. The van der Waals surface area contributed by atoms with Gasteiger partial charge in [-0.15, -0.1) is 0 Å². The summed E-state index contributed by atoms with van der Waals surface area (Å²) in [5, 5.41) is 21.7. The molecule has 0 amide bonds. The fourth-order valence-corrected chi connectivity index (χ4v) is 2.61. The lowest BCUT2D eigenvalue weighted by Crippen LogP contribution is -2.26. The summed E-state index contributed by atoms with van der Waals surface area (Å²) in [7, 11) is 0. The first kappa shape index (κ1) is 13.4. The molecule has 2 rings (SSSR count). The molecule has 0 saturated heterocycles. The van der Waals surface area contributed by atoms with Crippen LogP contribution in [0.1, 0.15) is 24.8 Å². The van der Waals surface area contributed by atoms with Crippen LogP contribution in [0.15, 0.2) is 18.2 Å². The first-order valence-corrected chi connectivity index (χ1v) is 6.16. The lowest BCUT2D eigenvalue weighted by Gasteiger charge is -2.14. The van der Waals surface area contributed by atoms with Crippen molar-refractivity contribution in [2.75, 3.05) is 0 Å². The molecule has 0 heterocycles. The molecule has 7 nitrogen and oxygen atoms in total. The second kappa shape index (κ2) is 5.31. The van der Waals surface area contributed by atoms with Crippen LogP contribution in [0.25, 0.3) is 0 Å². The molecule has 1 aromatic carbocycles. The summed E-state index contributed by atoms with van der Waals surface area (Å²) in [5.41, 5.74) is 6.03. The Morgan fingerprint density at radius 2 is 1.95 bits per heavy atom. The highest BCUT2D eigenvalue weighted by Gasteiger charge is 2.27. The highest BCUT2D eigenvalue weighted by atomic mass is 16.6. The SMILES string of the molecule is NC1CCCC1Cc1ccc([N+](=O)[O-])cc1[N+](=O)[O-]. The molecule has 1 aromatic rings. The fraction of sp³-hybridized carbons (Fsp3) is 0.500. The average molecular weight is 265 g/mol. The lowest BCUT2D eigenvalue weighted by molar-refractivity contribution is -0.394. The van der Waals surface area contributed by atoms with E-state index in [4.69, 9.17) is 5.73 Å². The second-order valence-electron chi connectivity index (χ2n) is 4.89. The van der Waals surface area contributed by atoms with Crippen molar-refractivity contribution in [1.29, 1.82) is 0 Å². The van der Waals surface area contributed by atoms with Crippen molar-refractivity contribution in [2.24, 2.45) is 11.7 Å². The van der Waals surface area contributed by atoms with Crippen molar-refractivity contribution in [3.63, 3.8) is 0 Å². The number of hydrogen-bond acceptors (Lipinski definition) is 5. The Kier molecular flexibility index (Phi) is 3.75. The van der Waals surface area contributed by atoms with Crippen molar-refractivity contribution in [2.45, 2.75) is 31.7 Å². The molecule has 1 saturated carbocycles. The zero-order chi connectivity index (χ0) is 14.0. The largest absolute Gasteiger partial charge is 0.327 e. The zero-order valence-electron chi connectivity index (χ0n) is 10.3. The molecule has 1 aliphatic carbocycles. The van der Waals surface area contributed by atoms with Gasteiger partial charge in [0.25, 0.3) is 11.4 Å². The smallest absolute Gasteiger partial charge is 0.279 e. The molecule has 0 spiro atoms. The van der Waals surface area contributed by atoms with Gasteiger partial charge in [-0.25, -0.2) is 0 Å². The molecule has 7 heteroatoms. The van der Waals surface area contributed by atoms with Crippen LogP contribution < -0.4 is 5.73 Å². The molecule has 1 aliphatic rings. The van der Waals surface area contributed by atoms with Gasteiger partial charge in [0.2, 0.25) is 0 Å².